The highest BCUT2D eigenvalue weighted by Crippen LogP contribution is 2.36. The van der Waals surface area contributed by atoms with E-state index < -0.39 is 0 Å². The average Bonchev–Trinajstić information content (AvgIpc) is 3.03. The van der Waals surface area contributed by atoms with Gasteiger partial charge in [0.1, 0.15) is 4.32 Å². The molecule has 132 valence electrons. The number of rotatable bonds is 4. The molecule has 1 heterocycles. The van der Waals surface area contributed by atoms with Gasteiger partial charge in [-0.1, -0.05) is 80.3 Å². The number of allylic oxidation sites excluding steroid dienone is 2. The maximum Gasteiger partial charge on any atom is 0.232 e. The molecule has 0 N–H and O–H groups in total. The topological polar surface area (TPSA) is 37.4 Å². The predicted octanol–water partition coefficient (Wildman–Crippen LogP) is 4.34. The minimum absolute atomic E-state index is 0.0207. The lowest BCUT2D eigenvalue weighted by Crippen LogP contribution is -2.47. The Hall–Kier alpha value is -1.46. The molecule has 1 saturated heterocycles. The minimum Gasteiger partial charge on any atom is -0.294 e. The van der Waals surface area contributed by atoms with Crippen LogP contribution in [-0.2, 0) is 4.79 Å². The molecule has 1 fully saturated rings. The number of hydrogen-bond donors (Lipinski definition) is 0. The summed E-state index contributed by atoms with van der Waals surface area (Å²) in [6, 6.07) is 9.41. The number of carbonyl (C=O) groups is 2. The van der Waals surface area contributed by atoms with Crippen molar-refractivity contribution in [2.24, 2.45) is 17.8 Å². The zero-order valence-electron chi connectivity index (χ0n) is 14.6. The zero-order chi connectivity index (χ0) is 18.0. The van der Waals surface area contributed by atoms with Crippen molar-refractivity contribution in [3.05, 3.63) is 48.0 Å². The van der Waals surface area contributed by atoms with E-state index in [0.29, 0.717) is 28.6 Å². The summed E-state index contributed by atoms with van der Waals surface area (Å²) in [7, 11) is 0. The zero-order valence-corrected chi connectivity index (χ0v) is 16.2. The molecule has 1 aliphatic carbocycles. The highest BCUT2D eigenvalue weighted by atomic mass is 32.2. The van der Waals surface area contributed by atoms with E-state index in [1.165, 1.54) is 0 Å². The number of ketones is 1. The van der Waals surface area contributed by atoms with Crippen LogP contribution in [0.4, 0.5) is 0 Å². The predicted molar refractivity (Wildman–Crippen MR) is 107 cm³/mol. The molecule has 3 atom stereocenters. The summed E-state index contributed by atoms with van der Waals surface area (Å²) in [6.07, 6.45) is 5.27. The van der Waals surface area contributed by atoms with Gasteiger partial charge in [-0.2, -0.15) is 0 Å². The SMILES string of the molecule is CC(C)[C@@H]1CSC(=S)N1C(=O)[C@H]1CC=CC[C@H]1C(=O)c1ccccc1. The standard InChI is InChI=1S/C20H23NO2S2/c1-13(2)17-12-25-20(24)21(17)19(23)16-11-7-6-10-15(16)18(22)14-8-4-3-5-9-14/h3-9,13,15-17H,10-12H2,1-2H3/t15-,16+,17+/m1/s1. The Bertz CT molecular complexity index is 699. The van der Waals surface area contributed by atoms with Crippen molar-refractivity contribution in [1.29, 1.82) is 0 Å². The van der Waals surface area contributed by atoms with Gasteiger partial charge in [0.25, 0.3) is 0 Å². The summed E-state index contributed by atoms with van der Waals surface area (Å²) in [4.78, 5) is 28.1. The van der Waals surface area contributed by atoms with E-state index in [0.717, 1.165) is 5.75 Å². The summed E-state index contributed by atoms with van der Waals surface area (Å²) in [5, 5.41) is 0. The molecule has 1 aliphatic heterocycles. The summed E-state index contributed by atoms with van der Waals surface area (Å²) < 4.78 is 0.657. The molecule has 0 bridgehead atoms. The van der Waals surface area contributed by atoms with Crippen molar-refractivity contribution >= 4 is 40.0 Å². The van der Waals surface area contributed by atoms with Gasteiger partial charge >= 0.3 is 0 Å². The monoisotopic (exact) mass is 373 g/mol. The second-order valence-corrected chi connectivity index (χ2v) is 8.64. The molecule has 0 spiro atoms. The van der Waals surface area contributed by atoms with Crippen LogP contribution < -0.4 is 0 Å². The Kier molecular flexibility index (Phi) is 5.74. The van der Waals surface area contributed by atoms with E-state index in [9.17, 15) is 9.59 Å². The quantitative estimate of drug-likeness (QED) is 0.447. The molecule has 3 rings (SSSR count). The molecular weight excluding hydrogens is 350 g/mol. The van der Waals surface area contributed by atoms with Crippen molar-refractivity contribution in [2.75, 3.05) is 5.75 Å². The molecule has 3 nitrogen and oxygen atoms in total. The van der Waals surface area contributed by atoms with Gasteiger partial charge < -0.3 is 0 Å². The average molecular weight is 374 g/mol. The maximum absolute atomic E-state index is 13.3. The third-order valence-electron chi connectivity index (χ3n) is 5.06. The maximum atomic E-state index is 13.3. The van der Waals surface area contributed by atoms with Crippen LogP contribution in [0.3, 0.4) is 0 Å². The minimum atomic E-state index is -0.324. The number of thiocarbonyl (C=S) groups is 1. The molecule has 5 heteroatoms. The number of benzene rings is 1. The van der Waals surface area contributed by atoms with Crippen LogP contribution in [0, 0.1) is 17.8 Å². The summed E-state index contributed by atoms with van der Waals surface area (Å²) in [6.45, 7) is 4.24. The lowest BCUT2D eigenvalue weighted by molar-refractivity contribution is -0.134. The Labute approximate surface area is 158 Å². The van der Waals surface area contributed by atoms with E-state index in [-0.39, 0.29) is 29.6 Å². The van der Waals surface area contributed by atoms with Gasteiger partial charge in [-0.05, 0) is 18.8 Å². The summed E-state index contributed by atoms with van der Waals surface area (Å²) in [5.41, 5.74) is 0.680. The van der Waals surface area contributed by atoms with Crippen LogP contribution >= 0.6 is 24.0 Å². The van der Waals surface area contributed by atoms with Gasteiger partial charge in [0.2, 0.25) is 5.91 Å². The Balaban J connectivity index is 1.86. The van der Waals surface area contributed by atoms with Crippen molar-refractivity contribution in [3.8, 4) is 0 Å². The largest absolute Gasteiger partial charge is 0.294 e. The number of thioether (sulfide) groups is 1. The number of hydrogen-bond acceptors (Lipinski definition) is 4. The van der Waals surface area contributed by atoms with Gasteiger partial charge in [0, 0.05) is 23.3 Å². The van der Waals surface area contributed by atoms with E-state index in [1.54, 1.807) is 16.7 Å². The Morgan fingerprint density at radius 2 is 1.76 bits per heavy atom. The molecule has 1 aromatic rings. The molecule has 0 unspecified atom stereocenters. The fourth-order valence-corrected chi connectivity index (χ4v) is 5.19. The number of carbonyl (C=O) groups excluding carboxylic acids is 2. The second-order valence-electron chi connectivity index (χ2n) is 6.98. The van der Waals surface area contributed by atoms with E-state index in [2.05, 4.69) is 13.8 Å². The van der Waals surface area contributed by atoms with Crippen molar-refractivity contribution in [2.45, 2.75) is 32.7 Å². The molecule has 0 aromatic heterocycles. The Morgan fingerprint density at radius 3 is 2.40 bits per heavy atom. The van der Waals surface area contributed by atoms with Gasteiger partial charge in [-0.15, -0.1) is 0 Å². The molecule has 25 heavy (non-hydrogen) atoms. The normalized spacial score (nSPS) is 26.3. The molecule has 1 aromatic carbocycles. The van der Waals surface area contributed by atoms with Crippen molar-refractivity contribution < 1.29 is 9.59 Å². The molecule has 1 amide bonds. The first-order valence-corrected chi connectivity index (χ1v) is 10.1. The molecular formula is C20H23NO2S2. The van der Waals surface area contributed by atoms with Gasteiger partial charge in [0.05, 0.1) is 5.92 Å². The van der Waals surface area contributed by atoms with Crippen LogP contribution in [0.1, 0.15) is 37.0 Å². The van der Waals surface area contributed by atoms with Crippen LogP contribution in [0.15, 0.2) is 42.5 Å². The van der Waals surface area contributed by atoms with Gasteiger partial charge in [-0.3, -0.25) is 14.5 Å². The first-order chi connectivity index (χ1) is 12.0. The lowest BCUT2D eigenvalue weighted by Gasteiger charge is -2.33. The fourth-order valence-electron chi connectivity index (χ4n) is 3.55. The molecule has 2 aliphatic rings. The number of nitrogens with zero attached hydrogens (tertiary/aromatic N) is 1. The van der Waals surface area contributed by atoms with Crippen LogP contribution in [0.5, 0.6) is 0 Å². The first kappa shape index (κ1) is 18.3. The number of Topliss-reactive ketones (excluding diaryl/α,β-unsaturated/α-hetero) is 1. The van der Waals surface area contributed by atoms with Crippen LogP contribution in [0.25, 0.3) is 0 Å². The van der Waals surface area contributed by atoms with E-state index >= 15 is 0 Å². The van der Waals surface area contributed by atoms with Crippen molar-refractivity contribution in [3.63, 3.8) is 0 Å². The van der Waals surface area contributed by atoms with Gasteiger partial charge in [0.15, 0.2) is 5.78 Å². The Morgan fingerprint density at radius 1 is 1.12 bits per heavy atom. The summed E-state index contributed by atoms with van der Waals surface area (Å²) in [5.74, 6) is 0.646. The van der Waals surface area contributed by atoms with Crippen molar-refractivity contribution in [1.82, 2.24) is 4.90 Å². The smallest absolute Gasteiger partial charge is 0.232 e. The van der Waals surface area contributed by atoms with Crippen LogP contribution in [-0.4, -0.2) is 32.7 Å². The first-order valence-electron chi connectivity index (χ1n) is 8.74. The van der Waals surface area contributed by atoms with E-state index in [4.69, 9.17) is 12.2 Å². The van der Waals surface area contributed by atoms with E-state index in [1.807, 2.05) is 42.5 Å². The highest BCUT2D eigenvalue weighted by Gasteiger charge is 2.43. The van der Waals surface area contributed by atoms with Gasteiger partial charge in [-0.25, -0.2) is 0 Å². The molecule has 0 saturated carbocycles. The number of amides is 1. The fraction of sp³-hybridized carbons (Fsp3) is 0.450. The summed E-state index contributed by atoms with van der Waals surface area (Å²) >= 11 is 7.02. The van der Waals surface area contributed by atoms with Crippen LogP contribution in [0.2, 0.25) is 0 Å². The lowest BCUT2D eigenvalue weighted by atomic mass is 9.77. The molecule has 0 radical (unpaired) electrons. The highest BCUT2D eigenvalue weighted by molar-refractivity contribution is 8.23. The third-order valence-corrected chi connectivity index (χ3v) is 6.56. The third kappa shape index (κ3) is 3.72. The second kappa shape index (κ2) is 7.83.